The monoisotopic (exact) mass is 291 g/mol. The van der Waals surface area contributed by atoms with E-state index in [9.17, 15) is 0 Å². The van der Waals surface area contributed by atoms with Crippen LogP contribution in [-0.4, -0.2) is 38.3 Å². The van der Waals surface area contributed by atoms with Crippen LogP contribution in [0.3, 0.4) is 0 Å². The summed E-state index contributed by atoms with van der Waals surface area (Å²) >= 11 is 0. The highest BCUT2D eigenvalue weighted by Gasteiger charge is 2.10. The Balaban J connectivity index is 1.79. The van der Waals surface area contributed by atoms with Crippen LogP contribution in [0.4, 0.5) is 0 Å². The van der Waals surface area contributed by atoms with E-state index in [1.165, 1.54) is 37.9 Å². The fourth-order valence-electron chi connectivity index (χ4n) is 2.82. The van der Waals surface area contributed by atoms with Crippen molar-refractivity contribution in [3.63, 3.8) is 0 Å². The molecule has 0 radical (unpaired) electrons. The Labute approximate surface area is 129 Å². The molecule has 118 valence electrons. The van der Waals surface area contributed by atoms with Gasteiger partial charge in [0.25, 0.3) is 0 Å². The number of benzene rings is 1. The molecule has 1 aromatic carbocycles. The summed E-state index contributed by atoms with van der Waals surface area (Å²) in [7, 11) is 1.71. The second-order valence-electron chi connectivity index (χ2n) is 6.17. The number of ether oxygens (including phenoxy) is 2. The SMILES string of the molecule is COc1cc(C(C)C)ccc1OCCCN1CCCCC1. The van der Waals surface area contributed by atoms with E-state index in [1.54, 1.807) is 7.11 Å². The summed E-state index contributed by atoms with van der Waals surface area (Å²) in [5.41, 5.74) is 1.28. The number of piperidine rings is 1. The maximum atomic E-state index is 5.90. The molecule has 3 heteroatoms. The molecular formula is C18H29NO2. The van der Waals surface area contributed by atoms with Gasteiger partial charge in [0.15, 0.2) is 11.5 Å². The molecule has 1 aromatic rings. The molecule has 1 fully saturated rings. The van der Waals surface area contributed by atoms with Gasteiger partial charge in [-0.2, -0.15) is 0 Å². The Morgan fingerprint density at radius 3 is 2.52 bits per heavy atom. The lowest BCUT2D eigenvalue weighted by Gasteiger charge is -2.26. The molecule has 0 bridgehead atoms. The number of rotatable bonds is 7. The summed E-state index contributed by atoms with van der Waals surface area (Å²) in [5.74, 6) is 2.21. The highest BCUT2D eigenvalue weighted by Crippen LogP contribution is 2.30. The van der Waals surface area contributed by atoms with Crippen LogP contribution < -0.4 is 9.47 Å². The van der Waals surface area contributed by atoms with Crippen molar-refractivity contribution in [1.82, 2.24) is 4.90 Å². The minimum Gasteiger partial charge on any atom is -0.493 e. The minimum atomic E-state index is 0.507. The van der Waals surface area contributed by atoms with Gasteiger partial charge in [0.1, 0.15) is 0 Å². The molecule has 0 N–H and O–H groups in total. The predicted octanol–water partition coefficient (Wildman–Crippen LogP) is 4.07. The molecule has 21 heavy (non-hydrogen) atoms. The zero-order chi connectivity index (χ0) is 15.1. The molecule has 1 aliphatic rings. The largest absolute Gasteiger partial charge is 0.493 e. The van der Waals surface area contributed by atoms with Crippen LogP contribution in [-0.2, 0) is 0 Å². The van der Waals surface area contributed by atoms with Crippen molar-refractivity contribution in [3.05, 3.63) is 23.8 Å². The molecule has 0 amide bonds. The van der Waals surface area contributed by atoms with E-state index >= 15 is 0 Å². The van der Waals surface area contributed by atoms with Crippen molar-refractivity contribution >= 4 is 0 Å². The Bertz CT molecular complexity index is 425. The fraction of sp³-hybridized carbons (Fsp3) is 0.667. The van der Waals surface area contributed by atoms with Crippen molar-refractivity contribution < 1.29 is 9.47 Å². The highest BCUT2D eigenvalue weighted by molar-refractivity contribution is 5.43. The van der Waals surface area contributed by atoms with Gasteiger partial charge in [0.05, 0.1) is 13.7 Å². The highest BCUT2D eigenvalue weighted by atomic mass is 16.5. The maximum absolute atomic E-state index is 5.90. The molecule has 1 heterocycles. The standard InChI is InChI=1S/C18H29NO2/c1-15(2)16-8-9-17(18(14-16)20-3)21-13-7-12-19-10-5-4-6-11-19/h8-9,14-15H,4-7,10-13H2,1-3H3. The first-order valence-electron chi connectivity index (χ1n) is 8.24. The third-order valence-corrected chi connectivity index (χ3v) is 4.18. The van der Waals surface area contributed by atoms with E-state index in [0.717, 1.165) is 31.1 Å². The molecule has 0 aliphatic carbocycles. The number of hydrogen-bond donors (Lipinski definition) is 0. The molecule has 0 spiro atoms. The quantitative estimate of drug-likeness (QED) is 0.707. The molecule has 0 aromatic heterocycles. The van der Waals surface area contributed by atoms with E-state index in [4.69, 9.17) is 9.47 Å². The first kappa shape index (κ1) is 16.2. The number of nitrogens with zero attached hydrogens (tertiary/aromatic N) is 1. The van der Waals surface area contributed by atoms with E-state index in [0.29, 0.717) is 5.92 Å². The molecule has 1 saturated heterocycles. The van der Waals surface area contributed by atoms with Crippen molar-refractivity contribution in [3.8, 4) is 11.5 Å². The topological polar surface area (TPSA) is 21.7 Å². The Hall–Kier alpha value is -1.22. The first-order valence-corrected chi connectivity index (χ1v) is 8.24. The summed E-state index contributed by atoms with van der Waals surface area (Å²) in [4.78, 5) is 2.55. The molecule has 0 unspecified atom stereocenters. The smallest absolute Gasteiger partial charge is 0.161 e. The average molecular weight is 291 g/mol. The third-order valence-electron chi connectivity index (χ3n) is 4.18. The van der Waals surface area contributed by atoms with Crippen molar-refractivity contribution in [2.75, 3.05) is 33.4 Å². The third kappa shape index (κ3) is 4.92. The first-order chi connectivity index (χ1) is 10.2. The summed E-state index contributed by atoms with van der Waals surface area (Å²) in [6, 6.07) is 6.26. The normalized spacial score (nSPS) is 16.2. The van der Waals surface area contributed by atoms with E-state index in [2.05, 4.69) is 30.9 Å². The van der Waals surface area contributed by atoms with E-state index in [1.807, 2.05) is 6.07 Å². The summed E-state index contributed by atoms with van der Waals surface area (Å²) in [5, 5.41) is 0. The number of hydrogen-bond acceptors (Lipinski definition) is 3. The van der Waals surface area contributed by atoms with Crippen LogP contribution in [0.2, 0.25) is 0 Å². The van der Waals surface area contributed by atoms with Crippen molar-refractivity contribution in [2.24, 2.45) is 0 Å². The lowest BCUT2D eigenvalue weighted by Crippen LogP contribution is -2.31. The molecule has 0 atom stereocenters. The number of methoxy groups -OCH3 is 1. The zero-order valence-electron chi connectivity index (χ0n) is 13.7. The van der Waals surface area contributed by atoms with Gasteiger partial charge in [-0.15, -0.1) is 0 Å². The lowest BCUT2D eigenvalue weighted by atomic mass is 10.0. The van der Waals surface area contributed by atoms with E-state index < -0.39 is 0 Å². The van der Waals surface area contributed by atoms with Crippen LogP contribution in [0.1, 0.15) is 51.0 Å². The van der Waals surface area contributed by atoms with Crippen molar-refractivity contribution in [2.45, 2.75) is 45.4 Å². The van der Waals surface area contributed by atoms with Gasteiger partial charge in [-0.25, -0.2) is 0 Å². The molecule has 3 nitrogen and oxygen atoms in total. The van der Waals surface area contributed by atoms with Gasteiger partial charge >= 0.3 is 0 Å². The fourth-order valence-corrected chi connectivity index (χ4v) is 2.82. The van der Waals surface area contributed by atoms with Crippen LogP contribution in [0, 0.1) is 0 Å². The molecule has 0 saturated carbocycles. The lowest BCUT2D eigenvalue weighted by molar-refractivity contribution is 0.203. The van der Waals surface area contributed by atoms with Crippen LogP contribution in [0.5, 0.6) is 11.5 Å². The second-order valence-corrected chi connectivity index (χ2v) is 6.17. The van der Waals surface area contributed by atoms with Gasteiger partial charge in [-0.3, -0.25) is 0 Å². The summed E-state index contributed by atoms with van der Waals surface area (Å²) < 4.78 is 11.3. The summed E-state index contributed by atoms with van der Waals surface area (Å²) in [6.45, 7) is 8.79. The van der Waals surface area contributed by atoms with Crippen molar-refractivity contribution in [1.29, 1.82) is 0 Å². The molecular weight excluding hydrogens is 262 g/mol. The predicted molar refractivity (Wildman–Crippen MR) is 87.5 cm³/mol. The van der Waals surface area contributed by atoms with Gasteiger partial charge in [-0.1, -0.05) is 26.3 Å². The second kappa shape index (κ2) is 8.28. The molecule has 1 aliphatic heterocycles. The maximum Gasteiger partial charge on any atom is 0.161 e. The van der Waals surface area contributed by atoms with Gasteiger partial charge in [0, 0.05) is 6.54 Å². The minimum absolute atomic E-state index is 0.507. The van der Waals surface area contributed by atoms with Crippen LogP contribution in [0.15, 0.2) is 18.2 Å². The van der Waals surface area contributed by atoms with E-state index in [-0.39, 0.29) is 0 Å². The number of likely N-dealkylation sites (tertiary alicyclic amines) is 1. The van der Waals surface area contributed by atoms with Crippen LogP contribution >= 0.6 is 0 Å². The molecule has 2 rings (SSSR count). The Morgan fingerprint density at radius 2 is 1.86 bits per heavy atom. The Morgan fingerprint density at radius 1 is 1.10 bits per heavy atom. The van der Waals surface area contributed by atoms with Gasteiger partial charge < -0.3 is 14.4 Å². The van der Waals surface area contributed by atoms with Gasteiger partial charge in [-0.05, 0) is 56.0 Å². The van der Waals surface area contributed by atoms with Gasteiger partial charge in [0.2, 0.25) is 0 Å². The summed E-state index contributed by atoms with van der Waals surface area (Å²) in [6.07, 6.45) is 5.18. The Kier molecular flexibility index (Phi) is 6.37. The average Bonchev–Trinajstić information content (AvgIpc) is 2.52. The van der Waals surface area contributed by atoms with Crippen LogP contribution in [0.25, 0.3) is 0 Å². The zero-order valence-corrected chi connectivity index (χ0v) is 13.7.